The van der Waals surface area contributed by atoms with Crippen LogP contribution in [0.25, 0.3) is 0 Å². The molecule has 1 aromatic rings. The van der Waals surface area contributed by atoms with Crippen LogP contribution in [-0.4, -0.2) is 36.1 Å². The number of hydrogen-bond acceptors (Lipinski definition) is 3. The highest BCUT2D eigenvalue weighted by Gasteiger charge is 2.24. The zero-order valence-electron chi connectivity index (χ0n) is 8.50. The molecule has 2 heterocycles. The first-order valence-corrected chi connectivity index (χ1v) is 7.64. The number of rotatable bonds is 2. The quantitative estimate of drug-likeness (QED) is 0.695. The van der Waals surface area contributed by atoms with E-state index in [-0.39, 0.29) is 0 Å². The van der Waals surface area contributed by atoms with Crippen molar-refractivity contribution in [3.8, 4) is 0 Å². The van der Waals surface area contributed by atoms with Crippen LogP contribution in [0.1, 0.15) is 0 Å². The molecular weight excluding hydrogens is 404 g/mol. The maximum Gasteiger partial charge on any atom is 0.143 e. The molecule has 1 fully saturated rings. The SMILES string of the molecule is BrCC1COCCN1c1ncc(Br)cc1Br. The van der Waals surface area contributed by atoms with Gasteiger partial charge in [-0.1, -0.05) is 15.9 Å². The topological polar surface area (TPSA) is 25.4 Å². The molecule has 88 valence electrons. The largest absolute Gasteiger partial charge is 0.377 e. The average Bonchev–Trinajstić information content (AvgIpc) is 2.29. The Hall–Kier alpha value is 0.350. The summed E-state index contributed by atoms with van der Waals surface area (Å²) in [6.45, 7) is 2.38. The summed E-state index contributed by atoms with van der Waals surface area (Å²) >= 11 is 10.5. The van der Waals surface area contributed by atoms with Gasteiger partial charge in [-0.2, -0.15) is 0 Å². The van der Waals surface area contributed by atoms with Gasteiger partial charge in [-0.25, -0.2) is 4.98 Å². The van der Waals surface area contributed by atoms with E-state index in [0.717, 1.165) is 39.9 Å². The molecule has 0 N–H and O–H groups in total. The van der Waals surface area contributed by atoms with Gasteiger partial charge >= 0.3 is 0 Å². The van der Waals surface area contributed by atoms with Gasteiger partial charge in [0, 0.05) is 22.5 Å². The average molecular weight is 415 g/mol. The fraction of sp³-hybridized carbons (Fsp3) is 0.500. The van der Waals surface area contributed by atoms with Crippen LogP contribution in [-0.2, 0) is 4.74 Å². The van der Waals surface area contributed by atoms with E-state index in [2.05, 4.69) is 57.7 Å². The number of morpholine rings is 1. The van der Waals surface area contributed by atoms with E-state index in [1.165, 1.54) is 0 Å². The van der Waals surface area contributed by atoms with Gasteiger partial charge in [0.05, 0.1) is 23.7 Å². The van der Waals surface area contributed by atoms with Gasteiger partial charge in [-0.05, 0) is 37.9 Å². The third-order valence-corrected chi connectivity index (χ3v) is 4.23. The summed E-state index contributed by atoms with van der Waals surface area (Å²) in [6, 6.07) is 2.36. The van der Waals surface area contributed by atoms with Crippen molar-refractivity contribution >= 4 is 53.6 Å². The summed E-state index contributed by atoms with van der Waals surface area (Å²) in [5.41, 5.74) is 0. The number of anilines is 1. The maximum atomic E-state index is 5.46. The number of aromatic nitrogens is 1. The third-order valence-electron chi connectivity index (χ3n) is 2.47. The Labute approximate surface area is 120 Å². The first kappa shape index (κ1) is 12.8. The van der Waals surface area contributed by atoms with Crippen LogP contribution in [0, 0.1) is 0 Å². The van der Waals surface area contributed by atoms with E-state index in [1.807, 2.05) is 12.3 Å². The molecule has 16 heavy (non-hydrogen) atoms. The van der Waals surface area contributed by atoms with E-state index in [0.29, 0.717) is 6.04 Å². The molecule has 0 spiro atoms. The van der Waals surface area contributed by atoms with Gasteiger partial charge < -0.3 is 9.64 Å². The Morgan fingerprint density at radius 1 is 1.50 bits per heavy atom. The van der Waals surface area contributed by atoms with E-state index in [4.69, 9.17) is 4.74 Å². The molecule has 1 aliphatic heterocycles. The summed E-state index contributed by atoms with van der Waals surface area (Å²) in [5, 5.41) is 0.886. The number of nitrogens with zero attached hydrogens (tertiary/aromatic N) is 2. The van der Waals surface area contributed by atoms with Crippen molar-refractivity contribution in [2.75, 3.05) is 30.0 Å². The second-order valence-corrected chi connectivity index (χ2v) is 5.95. The van der Waals surface area contributed by atoms with E-state index in [1.54, 1.807) is 0 Å². The Kier molecular flexibility index (Phi) is 4.64. The number of ether oxygens (including phenoxy) is 1. The molecule has 0 saturated carbocycles. The molecule has 2 rings (SSSR count). The minimum absolute atomic E-state index is 0.346. The minimum atomic E-state index is 0.346. The lowest BCUT2D eigenvalue weighted by Gasteiger charge is -2.36. The smallest absolute Gasteiger partial charge is 0.143 e. The Bertz CT molecular complexity index is 375. The predicted octanol–water partition coefficient (Wildman–Crippen LogP) is 3.21. The van der Waals surface area contributed by atoms with E-state index < -0.39 is 0 Å². The number of hydrogen-bond donors (Lipinski definition) is 0. The third kappa shape index (κ3) is 2.78. The van der Waals surface area contributed by atoms with Crippen LogP contribution in [0.5, 0.6) is 0 Å². The molecule has 1 aromatic heterocycles. The molecule has 1 aliphatic rings. The Morgan fingerprint density at radius 3 is 3.00 bits per heavy atom. The van der Waals surface area contributed by atoms with Gasteiger partial charge in [0.2, 0.25) is 0 Å². The van der Waals surface area contributed by atoms with Crippen molar-refractivity contribution in [1.82, 2.24) is 4.98 Å². The Morgan fingerprint density at radius 2 is 2.31 bits per heavy atom. The molecule has 1 atom stereocenters. The molecule has 0 aliphatic carbocycles. The van der Waals surface area contributed by atoms with Gasteiger partial charge in [-0.3, -0.25) is 0 Å². The summed E-state index contributed by atoms with van der Waals surface area (Å²) < 4.78 is 7.45. The van der Waals surface area contributed by atoms with Crippen LogP contribution < -0.4 is 4.90 Å². The zero-order chi connectivity index (χ0) is 11.5. The molecule has 6 heteroatoms. The van der Waals surface area contributed by atoms with Crippen molar-refractivity contribution in [2.24, 2.45) is 0 Å². The van der Waals surface area contributed by atoms with Crippen molar-refractivity contribution in [1.29, 1.82) is 0 Å². The van der Waals surface area contributed by atoms with Crippen LogP contribution >= 0.6 is 47.8 Å². The van der Waals surface area contributed by atoms with Crippen molar-refractivity contribution in [3.05, 3.63) is 21.2 Å². The predicted molar refractivity (Wildman–Crippen MR) is 75.4 cm³/mol. The first-order valence-electron chi connectivity index (χ1n) is 4.93. The molecular formula is C10H11Br3N2O. The lowest BCUT2D eigenvalue weighted by molar-refractivity contribution is 0.0999. The fourth-order valence-electron chi connectivity index (χ4n) is 1.68. The number of alkyl halides is 1. The minimum Gasteiger partial charge on any atom is -0.377 e. The molecule has 1 saturated heterocycles. The van der Waals surface area contributed by atoms with E-state index >= 15 is 0 Å². The highest BCUT2D eigenvalue weighted by molar-refractivity contribution is 9.11. The zero-order valence-corrected chi connectivity index (χ0v) is 13.3. The van der Waals surface area contributed by atoms with Gasteiger partial charge in [-0.15, -0.1) is 0 Å². The van der Waals surface area contributed by atoms with Crippen LogP contribution in [0.4, 0.5) is 5.82 Å². The van der Waals surface area contributed by atoms with Gasteiger partial charge in [0.25, 0.3) is 0 Å². The molecule has 0 amide bonds. The summed E-state index contributed by atoms with van der Waals surface area (Å²) in [6.07, 6.45) is 1.82. The lowest BCUT2D eigenvalue weighted by atomic mass is 10.2. The van der Waals surface area contributed by atoms with Gasteiger partial charge in [0.15, 0.2) is 0 Å². The van der Waals surface area contributed by atoms with Crippen molar-refractivity contribution < 1.29 is 4.74 Å². The van der Waals surface area contributed by atoms with E-state index in [9.17, 15) is 0 Å². The fourth-order valence-corrected chi connectivity index (χ4v) is 3.43. The molecule has 3 nitrogen and oxygen atoms in total. The van der Waals surface area contributed by atoms with Crippen LogP contribution in [0.2, 0.25) is 0 Å². The van der Waals surface area contributed by atoms with Crippen molar-refractivity contribution in [2.45, 2.75) is 6.04 Å². The monoisotopic (exact) mass is 412 g/mol. The summed E-state index contributed by atoms with van der Waals surface area (Å²) in [7, 11) is 0. The second kappa shape index (κ2) is 5.80. The lowest BCUT2D eigenvalue weighted by Crippen LogP contribution is -2.47. The molecule has 0 bridgehead atoms. The normalized spacial score (nSPS) is 21.2. The standard InChI is InChI=1S/C10H11Br3N2O/c11-4-8-6-16-2-1-15(8)10-9(13)3-7(12)5-14-10/h3,5,8H,1-2,4,6H2. The molecule has 1 unspecified atom stereocenters. The summed E-state index contributed by atoms with van der Waals surface area (Å²) in [5.74, 6) is 0.982. The van der Waals surface area contributed by atoms with Gasteiger partial charge in [0.1, 0.15) is 5.82 Å². The van der Waals surface area contributed by atoms with Crippen LogP contribution in [0.3, 0.4) is 0 Å². The first-order chi connectivity index (χ1) is 7.72. The van der Waals surface area contributed by atoms with Crippen LogP contribution in [0.15, 0.2) is 21.2 Å². The maximum absolute atomic E-state index is 5.46. The second-order valence-electron chi connectivity index (χ2n) is 3.54. The Balaban J connectivity index is 2.27. The highest BCUT2D eigenvalue weighted by Crippen LogP contribution is 2.29. The number of pyridine rings is 1. The number of halogens is 3. The highest BCUT2D eigenvalue weighted by atomic mass is 79.9. The molecule has 0 radical (unpaired) electrons. The molecule has 0 aromatic carbocycles. The van der Waals surface area contributed by atoms with Crippen molar-refractivity contribution in [3.63, 3.8) is 0 Å². The summed E-state index contributed by atoms with van der Waals surface area (Å²) in [4.78, 5) is 6.73.